The molecule has 0 aliphatic carbocycles. The molecular weight excluding hydrogens is 314 g/mol. The molecule has 0 spiro atoms. The first-order chi connectivity index (χ1) is 11.4. The lowest BCUT2D eigenvalue weighted by Crippen LogP contribution is -2.47. The van der Waals surface area contributed by atoms with Crippen molar-refractivity contribution in [1.29, 1.82) is 0 Å². The third-order valence-corrected chi connectivity index (χ3v) is 3.39. The van der Waals surface area contributed by atoms with Crippen LogP contribution in [0.25, 0.3) is 0 Å². The van der Waals surface area contributed by atoms with Crippen LogP contribution in [0.2, 0.25) is 0 Å². The molecule has 2 amide bonds. The Kier molecular flexibility index (Phi) is 7.70. The molecule has 0 unspecified atom stereocenters. The van der Waals surface area contributed by atoms with Gasteiger partial charge in [0.05, 0.1) is 18.8 Å². The molecule has 132 valence electrons. The van der Waals surface area contributed by atoms with Crippen molar-refractivity contribution >= 4 is 23.5 Å². The molecule has 0 saturated carbocycles. The lowest BCUT2D eigenvalue weighted by Gasteiger charge is -2.30. The highest BCUT2D eigenvalue weighted by Gasteiger charge is 2.32. The van der Waals surface area contributed by atoms with Gasteiger partial charge in [-0.25, -0.2) is 4.79 Å². The Bertz CT molecular complexity index is 591. The summed E-state index contributed by atoms with van der Waals surface area (Å²) in [5.41, 5.74) is 11.4. The van der Waals surface area contributed by atoms with Crippen molar-refractivity contribution in [2.45, 2.75) is 25.8 Å². The van der Waals surface area contributed by atoms with Crippen LogP contribution in [0.5, 0.6) is 0 Å². The van der Waals surface area contributed by atoms with Gasteiger partial charge in [0.15, 0.2) is 0 Å². The highest BCUT2D eigenvalue weighted by atomic mass is 16.5. The van der Waals surface area contributed by atoms with Crippen LogP contribution in [-0.4, -0.2) is 53.6 Å². The van der Waals surface area contributed by atoms with Crippen molar-refractivity contribution in [2.75, 3.05) is 25.5 Å². The van der Waals surface area contributed by atoms with Gasteiger partial charge in [-0.2, -0.15) is 0 Å². The van der Waals surface area contributed by atoms with Gasteiger partial charge in [-0.3, -0.25) is 9.59 Å². The number of carbonyl (C=O) groups excluding carboxylic acids is 3. The summed E-state index contributed by atoms with van der Waals surface area (Å²) in [4.78, 5) is 37.2. The minimum absolute atomic E-state index is 0.00659. The smallest absolute Gasteiger partial charge is 0.328 e. The topological polar surface area (TPSA) is 136 Å². The third kappa shape index (κ3) is 5.24. The van der Waals surface area contributed by atoms with Crippen LogP contribution in [0.3, 0.4) is 0 Å². The van der Waals surface area contributed by atoms with E-state index in [1.54, 1.807) is 25.1 Å². The van der Waals surface area contributed by atoms with Crippen LogP contribution >= 0.6 is 0 Å². The van der Waals surface area contributed by atoms with Gasteiger partial charge in [0.25, 0.3) is 5.91 Å². The van der Waals surface area contributed by atoms with Gasteiger partial charge in [0.2, 0.25) is 5.91 Å². The number of nitrogen functional groups attached to an aromatic ring is 1. The summed E-state index contributed by atoms with van der Waals surface area (Å²) in [6, 6.07) is 5.38. The molecule has 0 fully saturated rings. The number of hydrogen-bond acceptors (Lipinski definition) is 6. The van der Waals surface area contributed by atoms with E-state index in [2.05, 4.69) is 0 Å². The first-order valence-electron chi connectivity index (χ1n) is 7.63. The fourth-order valence-corrected chi connectivity index (χ4v) is 2.27. The zero-order valence-corrected chi connectivity index (χ0v) is 13.6. The van der Waals surface area contributed by atoms with Crippen molar-refractivity contribution in [3.05, 3.63) is 29.8 Å². The second-order valence-corrected chi connectivity index (χ2v) is 5.08. The third-order valence-electron chi connectivity index (χ3n) is 3.39. The number of primary amides is 1. The van der Waals surface area contributed by atoms with E-state index < -0.39 is 23.8 Å². The molecule has 8 nitrogen and oxygen atoms in total. The lowest BCUT2D eigenvalue weighted by molar-refractivity contribution is -0.149. The second kappa shape index (κ2) is 9.51. The van der Waals surface area contributed by atoms with Gasteiger partial charge in [-0.05, 0) is 25.5 Å². The van der Waals surface area contributed by atoms with Crippen molar-refractivity contribution < 1.29 is 24.2 Å². The Hall–Kier alpha value is -2.61. The van der Waals surface area contributed by atoms with Crippen molar-refractivity contribution in [2.24, 2.45) is 5.73 Å². The molecule has 0 radical (unpaired) electrons. The Morgan fingerprint density at radius 2 is 1.96 bits per heavy atom. The predicted octanol–water partition coefficient (Wildman–Crippen LogP) is -0.0995. The summed E-state index contributed by atoms with van der Waals surface area (Å²) in [6.07, 6.45) is -0.0877. The fraction of sp³-hybridized carbons (Fsp3) is 0.438. The number of aliphatic hydroxyl groups is 1. The van der Waals surface area contributed by atoms with Crippen LogP contribution in [0.4, 0.5) is 5.69 Å². The summed E-state index contributed by atoms with van der Waals surface area (Å²) >= 11 is 0. The van der Waals surface area contributed by atoms with Crippen molar-refractivity contribution in [1.82, 2.24) is 4.90 Å². The number of carbonyl (C=O) groups is 3. The van der Waals surface area contributed by atoms with E-state index in [0.29, 0.717) is 0 Å². The Morgan fingerprint density at radius 3 is 2.50 bits per heavy atom. The van der Waals surface area contributed by atoms with Crippen LogP contribution < -0.4 is 11.5 Å². The number of hydrogen-bond donors (Lipinski definition) is 3. The Balaban J connectivity index is 3.14. The summed E-state index contributed by atoms with van der Waals surface area (Å²) in [6.45, 7) is 1.30. The first kappa shape index (κ1) is 19.4. The highest BCUT2D eigenvalue weighted by molar-refractivity contribution is 6.01. The second-order valence-electron chi connectivity index (χ2n) is 5.08. The summed E-state index contributed by atoms with van der Waals surface area (Å²) in [7, 11) is 0. The number of esters is 1. The zero-order chi connectivity index (χ0) is 18.1. The van der Waals surface area contributed by atoms with Gasteiger partial charge in [0, 0.05) is 18.7 Å². The van der Waals surface area contributed by atoms with E-state index in [9.17, 15) is 19.5 Å². The molecular formula is C16H23N3O5. The van der Waals surface area contributed by atoms with E-state index in [-0.39, 0.29) is 43.9 Å². The molecule has 0 aromatic heterocycles. The maximum absolute atomic E-state index is 12.8. The number of ether oxygens (including phenoxy) is 1. The monoisotopic (exact) mass is 337 g/mol. The molecule has 0 saturated heterocycles. The molecule has 1 rings (SSSR count). The van der Waals surface area contributed by atoms with E-state index in [1.807, 2.05) is 0 Å². The number of amides is 2. The maximum Gasteiger partial charge on any atom is 0.328 e. The molecule has 8 heteroatoms. The molecule has 1 atom stereocenters. The number of anilines is 1. The van der Waals surface area contributed by atoms with Crippen LogP contribution in [0.1, 0.15) is 30.1 Å². The lowest BCUT2D eigenvalue weighted by atomic mass is 10.1. The molecule has 24 heavy (non-hydrogen) atoms. The molecule has 5 N–H and O–H groups in total. The van der Waals surface area contributed by atoms with Crippen LogP contribution in [0.15, 0.2) is 24.3 Å². The first-order valence-corrected chi connectivity index (χ1v) is 7.63. The SMILES string of the molecule is CCOC(=O)[C@H](CCC(N)=O)N(CCO)C(=O)c1ccccc1N. The number of rotatable bonds is 9. The summed E-state index contributed by atoms with van der Waals surface area (Å²) in [5, 5.41) is 9.27. The van der Waals surface area contributed by atoms with Crippen LogP contribution in [-0.2, 0) is 14.3 Å². The number of nitrogens with zero attached hydrogens (tertiary/aromatic N) is 1. The van der Waals surface area contributed by atoms with Crippen LogP contribution in [0, 0.1) is 0 Å². The average Bonchev–Trinajstić information content (AvgIpc) is 2.54. The number of aliphatic hydroxyl groups excluding tert-OH is 1. The van der Waals surface area contributed by atoms with E-state index in [4.69, 9.17) is 16.2 Å². The highest BCUT2D eigenvalue weighted by Crippen LogP contribution is 2.18. The van der Waals surface area contributed by atoms with Crippen molar-refractivity contribution in [3.8, 4) is 0 Å². The summed E-state index contributed by atoms with van der Waals surface area (Å²) in [5.74, 6) is -1.78. The maximum atomic E-state index is 12.8. The van der Waals surface area contributed by atoms with E-state index in [0.717, 1.165) is 4.90 Å². The van der Waals surface area contributed by atoms with Gasteiger partial charge < -0.3 is 26.2 Å². The molecule has 0 aliphatic heterocycles. The largest absolute Gasteiger partial charge is 0.464 e. The molecule has 1 aromatic carbocycles. The normalized spacial score (nSPS) is 11.6. The van der Waals surface area contributed by atoms with Crippen molar-refractivity contribution in [3.63, 3.8) is 0 Å². The molecule has 0 aliphatic rings. The van der Waals surface area contributed by atoms with Gasteiger partial charge in [-0.1, -0.05) is 12.1 Å². The standard InChI is InChI=1S/C16H23N3O5/c1-2-24-16(23)13(7-8-14(18)21)19(9-10-20)15(22)11-5-3-4-6-12(11)17/h3-6,13,20H,2,7-10,17H2,1H3,(H2,18,21)/t13-/m0/s1. The number of benzene rings is 1. The predicted molar refractivity (Wildman–Crippen MR) is 87.8 cm³/mol. The van der Waals surface area contributed by atoms with Gasteiger partial charge in [-0.15, -0.1) is 0 Å². The molecule has 1 aromatic rings. The zero-order valence-electron chi connectivity index (χ0n) is 13.6. The number of para-hydroxylation sites is 1. The summed E-state index contributed by atoms with van der Waals surface area (Å²) < 4.78 is 4.98. The van der Waals surface area contributed by atoms with Gasteiger partial charge >= 0.3 is 5.97 Å². The fourth-order valence-electron chi connectivity index (χ4n) is 2.27. The Labute approximate surface area is 140 Å². The van der Waals surface area contributed by atoms with Gasteiger partial charge in [0.1, 0.15) is 6.04 Å². The molecule has 0 heterocycles. The minimum atomic E-state index is -1.03. The molecule has 0 bridgehead atoms. The minimum Gasteiger partial charge on any atom is -0.464 e. The quantitative estimate of drug-likeness (QED) is 0.425. The van der Waals surface area contributed by atoms with E-state index in [1.165, 1.54) is 6.07 Å². The van der Waals surface area contributed by atoms with E-state index >= 15 is 0 Å². The average molecular weight is 337 g/mol. The Morgan fingerprint density at radius 1 is 1.29 bits per heavy atom. The number of nitrogens with two attached hydrogens (primary N) is 2.